The number of likely N-dealkylation sites (tertiary alicyclic amines) is 1. The first-order chi connectivity index (χ1) is 13.9. The van der Waals surface area contributed by atoms with E-state index in [1.54, 1.807) is 12.4 Å². The molecule has 0 spiro atoms. The summed E-state index contributed by atoms with van der Waals surface area (Å²) < 4.78 is 37.9. The monoisotopic (exact) mass is 423 g/mol. The first kappa shape index (κ1) is 22.8. The van der Waals surface area contributed by atoms with Gasteiger partial charge in [-0.3, -0.25) is 15.1 Å². The summed E-state index contributed by atoms with van der Waals surface area (Å²) in [7, 11) is 0. The normalized spacial score (nSPS) is 16.4. The van der Waals surface area contributed by atoms with Crippen molar-refractivity contribution in [3.8, 4) is 0 Å². The number of hydrogen-bond donors (Lipinski definition) is 1. The van der Waals surface area contributed by atoms with Crippen molar-refractivity contribution in [1.29, 1.82) is 0 Å². The Morgan fingerprint density at radius 2 is 1.86 bits per heavy atom. The van der Waals surface area contributed by atoms with Crippen LogP contribution < -0.4 is 5.32 Å². The molecular formula is C21H24F3N3OS. The van der Waals surface area contributed by atoms with Gasteiger partial charge in [-0.25, -0.2) is 0 Å². The van der Waals surface area contributed by atoms with Gasteiger partial charge < -0.3 is 4.90 Å². The third-order valence-electron chi connectivity index (χ3n) is 4.53. The molecule has 1 atom stereocenters. The number of carbonyl (C=O) groups excluding carboxylic acids is 1. The predicted molar refractivity (Wildman–Crippen MR) is 110 cm³/mol. The zero-order chi connectivity index (χ0) is 21.4. The second-order valence-electron chi connectivity index (χ2n) is 6.33. The van der Waals surface area contributed by atoms with Crippen LogP contribution in [0.4, 0.5) is 13.2 Å². The van der Waals surface area contributed by atoms with E-state index < -0.39 is 17.6 Å². The molecule has 29 heavy (non-hydrogen) atoms. The molecule has 0 bridgehead atoms. The minimum Gasteiger partial charge on any atom is -0.342 e. The summed E-state index contributed by atoms with van der Waals surface area (Å²) in [5.41, 5.74) is 0.345. The van der Waals surface area contributed by atoms with Gasteiger partial charge >= 0.3 is 6.18 Å². The molecule has 0 radical (unpaired) electrons. The highest BCUT2D eigenvalue weighted by Gasteiger charge is 2.30. The Kier molecular flexibility index (Phi) is 8.13. The summed E-state index contributed by atoms with van der Waals surface area (Å²) in [6.07, 6.45) is 1.93. The van der Waals surface area contributed by atoms with E-state index in [1.807, 2.05) is 30.9 Å². The zero-order valence-electron chi connectivity index (χ0n) is 16.4. The van der Waals surface area contributed by atoms with Crippen molar-refractivity contribution in [2.24, 2.45) is 0 Å². The van der Waals surface area contributed by atoms with E-state index in [9.17, 15) is 18.0 Å². The summed E-state index contributed by atoms with van der Waals surface area (Å²) in [5.74, 6) is -0.524. The Morgan fingerprint density at radius 1 is 1.17 bits per heavy atom. The second kappa shape index (κ2) is 10.3. The van der Waals surface area contributed by atoms with Crippen molar-refractivity contribution in [3.63, 3.8) is 0 Å². The van der Waals surface area contributed by atoms with Crippen molar-refractivity contribution in [2.45, 2.75) is 45.3 Å². The van der Waals surface area contributed by atoms with E-state index in [0.29, 0.717) is 6.54 Å². The van der Waals surface area contributed by atoms with Crippen LogP contribution in [-0.2, 0) is 6.18 Å². The number of nitrogens with zero attached hydrogens (tertiary/aromatic N) is 2. The quantitative estimate of drug-likeness (QED) is 0.660. The number of aromatic nitrogens is 1. The number of thiocarbonyl (C=S) groups is 1. The molecular weight excluding hydrogens is 399 g/mol. The van der Waals surface area contributed by atoms with Gasteiger partial charge in [-0.15, -0.1) is 0 Å². The van der Waals surface area contributed by atoms with E-state index in [1.165, 1.54) is 0 Å². The number of nitrogens with one attached hydrogen (secondary N) is 1. The maximum Gasteiger partial charge on any atom is 0.416 e. The summed E-state index contributed by atoms with van der Waals surface area (Å²) in [5, 5.41) is 2.91. The molecule has 1 aliphatic rings. The van der Waals surface area contributed by atoms with Crippen molar-refractivity contribution in [2.75, 3.05) is 6.54 Å². The van der Waals surface area contributed by atoms with Gasteiger partial charge in [0.25, 0.3) is 5.91 Å². The van der Waals surface area contributed by atoms with Crippen LogP contribution in [0.2, 0.25) is 0 Å². The van der Waals surface area contributed by atoms with Gasteiger partial charge in [0, 0.05) is 24.5 Å². The van der Waals surface area contributed by atoms with Crippen LogP contribution >= 0.6 is 12.2 Å². The fraction of sp³-hybridized carbons (Fsp3) is 0.381. The average molecular weight is 424 g/mol. The first-order valence-electron chi connectivity index (χ1n) is 9.55. The van der Waals surface area contributed by atoms with Crippen molar-refractivity contribution in [3.05, 3.63) is 65.5 Å². The van der Waals surface area contributed by atoms with Crippen LogP contribution in [0, 0.1) is 0 Å². The SMILES string of the molecule is CC.O=C(NC(=S)N1CCCCC1c1cccnc1)c1ccc(C(F)(F)F)cc1. The molecule has 2 heterocycles. The minimum absolute atomic E-state index is 0.0212. The third-order valence-corrected chi connectivity index (χ3v) is 4.86. The number of rotatable bonds is 2. The van der Waals surface area contributed by atoms with Gasteiger partial charge in [0.05, 0.1) is 11.6 Å². The summed E-state index contributed by atoms with van der Waals surface area (Å²) in [6, 6.07) is 7.91. The van der Waals surface area contributed by atoms with E-state index in [0.717, 1.165) is 49.1 Å². The number of carbonyl (C=O) groups is 1. The molecule has 8 heteroatoms. The van der Waals surface area contributed by atoms with E-state index in [2.05, 4.69) is 10.3 Å². The number of pyridine rings is 1. The lowest BCUT2D eigenvalue weighted by Gasteiger charge is -2.37. The van der Waals surface area contributed by atoms with Crippen molar-refractivity contribution >= 4 is 23.2 Å². The fourth-order valence-electron chi connectivity index (χ4n) is 3.15. The van der Waals surface area contributed by atoms with Crippen molar-refractivity contribution < 1.29 is 18.0 Å². The minimum atomic E-state index is -4.44. The lowest BCUT2D eigenvalue weighted by atomic mass is 9.97. The van der Waals surface area contributed by atoms with Gasteiger partial charge in [0.2, 0.25) is 0 Å². The van der Waals surface area contributed by atoms with Gasteiger partial charge in [0.1, 0.15) is 0 Å². The molecule has 1 N–H and O–H groups in total. The molecule has 2 aromatic rings. The Labute approximate surface area is 174 Å². The standard InChI is InChI=1S/C19H18F3N3OS.C2H6/c20-19(21,22)15-8-6-13(7-9-15)17(26)24-18(27)25-11-2-1-5-16(25)14-4-3-10-23-12-14;1-2/h3-4,6-10,12,16H,1-2,5,11H2,(H,24,26,27);1-2H3. The Bertz CT molecular complexity index is 810. The van der Waals surface area contributed by atoms with Crippen molar-refractivity contribution in [1.82, 2.24) is 15.2 Å². The van der Waals surface area contributed by atoms with E-state index in [-0.39, 0.29) is 16.7 Å². The predicted octanol–water partition coefficient (Wildman–Crippen LogP) is 5.37. The van der Waals surface area contributed by atoms with Crippen LogP contribution in [0.3, 0.4) is 0 Å². The van der Waals surface area contributed by atoms with Crippen LogP contribution in [0.25, 0.3) is 0 Å². The highest BCUT2D eigenvalue weighted by Crippen LogP contribution is 2.31. The van der Waals surface area contributed by atoms with Crippen LogP contribution in [0.1, 0.15) is 60.6 Å². The Hall–Kier alpha value is -2.48. The fourth-order valence-corrected chi connectivity index (χ4v) is 3.46. The molecule has 0 aliphatic carbocycles. The second-order valence-corrected chi connectivity index (χ2v) is 6.71. The van der Waals surface area contributed by atoms with Crippen LogP contribution in [-0.4, -0.2) is 27.4 Å². The van der Waals surface area contributed by atoms with Crippen LogP contribution in [0.5, 0.6) is 0 Å². The number of halogens is 3. The number of piperidine rings is 1. The Balaban J connectivity index is 0.00000145. The van der Waals surface area contributed by atoms with Crippen LogP contribution in [0.15, 0.2) is 48.8 Å². The molecule has 1 fully saturated rings. The summed E-state index contributed by atoms with van der Waals surface area (Å²) >= 11 is 5.41. The average Bonchev–Trinajstić information content (AvgIpc) is 2.75. The zero-order valence-corrected chi connectivity index (χ0v) is 17.2. The number of alkyl halides is 3. The lowest BCUT2D eigenvalue weighted by Crippen LogP contribution is -2.46. The highest BCUT2D eigenvalue weighted by molar-refractivity contribution is 7.80. The molecule has 4 nitrogen and oxygen atoms in total. The summed E-state index contributed by atoms with van der Waals surface area (Å²) in [6.45, 7) is 4.70. The summed E-state index contributed by atoms with van der Waals surface area (Å²) in [4.78, 5) is 18.5. The maximum absolute atomic E-state index is 12.6. The first-order valence-corrected chi connectivity index (χ1v) is 9.96. The topological polar surface area (TPSA) is 45.2 Å². The number of benzene rings is 1. The molecule has 1 aromatic heterocycles. The highest BCUT2D eigenvalue weighted by atomic mass is 32.1. The van der Waals surface area contributed by atoms with Gasteiger partial charge in [0.15, 0.2) is 5.11 Å². The molecule has 156 valence electrons. The maximum atomic E-state index is 12.6. The van der Waals surface area contributed by atoms with Gasteiger partial charge in [-0.2, -0.15) is 13.2 Å². The van der Waals surface area contributed by atoms with E-state index >= 15 is 0 Å². The van der Waals surface area contributed by atoms with Gasteiger partial charge in [-0.05, 0) is 67.4 Å². The molecule has 1 aromatic carbocycles. The Morgan fingerprint density at radius 3 is 2.45 bits per heavy atom. The molecule has 1 aliphatic heterocycles. The molecule has 1 saturated heterocycles. The largest absolute Gasteiger partial charge is 0.416 e. The third kappa shape index (κ3) is 6.00. The molecule has 1 unspecified atom stereocenters. The number of amides is 1. The molecule has 1 amide bonds. The lowest BCUT2D eigenvalue weighted by molar-refractivity contribution is -0.137. The van der Waals surface area contributed by atoms with E-state index in [4.69, 9.17) is 12.2 Å². The number of hydrogen-bond acceptors (Lipinski definition) is 3. The molecule has 3 rings (SSSR count). The molecule has 0 saturated carbocycles. The van der Waals surface area contributed by atoms with Gasteiger partial charge in [-0.1, -0.05) is 19.9 Å². The smallest absolute Gasteiger partial charge is 0.342 e.